The van der Waals surface area contributed by atoms with Gasteiger partial charge in [0, 0.05) is 44.3 Å². The summed E-state index contributed by atoms with van der Waals surface area (Å²) in [6, 6.07) is 14.1. The van der Waals surface area contributed by atoms with E-state index in [1.165, 1.54) is 16.4 Å². The van der Waals surface area contributed by atoms with Crippen molar-refractivity contribution in [3.8, 4) is 5.75 Å². The number of rotatable bonds is 7. The number of hydrazone groups is 1. The van der Waals surface area contributed by atoms with E-state index in [0.29, 0.717) is 12.1 Å². The molecule has 0 unspecified atom stereocenters. The van der Waals surface area contributed by atoms with Gasteiger partial charge in [0.15, 0.2) is 0 Å². The SMILES string of the molecule is CS(=O)(=O)n1cc(CN2CCN(CC(=O)NN=Cc3ccc(O)cc3)CC2)c2ccccc21. The lowest BCUT2D eigenvalue weighted by Gasteiger charge is -2.34. The van der Waals surface area contributed by atoms with E-state index in [1.54, 1.807) is 30.5 Å². The average Bonchev–Trinajstić information content (AvgIpc) is 3.16. The number of nitrogens with one attached hydrogen (secondary N) is 1. The maximum absolute atomic E-state index is 12.2. The lowest BCUT2D eigenvalue weighted by atomic mass is 10.1. The number of para-hydroxylation sites is 1. The van der Waals surface area contributed by atoms with Gasteiger partial charge in [0.1, 0.15) is 5.75 Å². The first-order valence-corrected chi connectivity index (χ1v) is 12.5. The summed E-state index contributed by atoms with van der Waals surface area (Å²) in [6.45, 7) is 3.94. The number of piperazine rings is 1. The highest BCUT2D eigenvalue weighted by Crippen LogP contribution is 2.24. The van der Waals surface area contributed by atoms with Crippen molar-refractivity contribution < 1.29 is 18.3 Å². The standard InChI is InChI=1S/C23H27N5O4S/c1-33(31,32)28-16-19(21-4-2-3-5-22(21)28)15-26-10-12-27(13-11-26)17-23(30)25-24-14-18-6-8-20(29)9-7-18/h2-9,14,16,29H,10-13,15,17H2,1H3,(H,25,30). The van der Waals surface area contributed by atoms with Crippen molar-refractivity contribution in [3.05, 3.63) is 65.9 Å². The molecule has 0 spiro atoms. The van der Waals surface area contributed by atoms with E-state index in [9.17, 15) is 18.3 Å². The van der Waals surface area contributed by atoms with E-state index >= 15 is 0 Å². The fourth-order valence-electron chi connectivity index (χ4n) is 3.94. The molecule has 1 aliphatic heterocycles. The molecule has 2 aromatic carbocycles. The Morgan fingerprint density at radius 3 is 2.42 bits per heavy atom. The number of aromatic nitrogens is 1. The van der Waals surface area contributed by atoms with E-state index in [0.717, 1.165) is 42.7 Å². The number of nitrogens with zero attached hydrogens (tertiary/aromatic N) is 4. The second-order valence-corrected chi connectivity index (χ2v) is 10.0. The number of carbonyl (C=O) groups excluding carboxylic acids is 1. The van der Waals surface area contributed by atoms with Crippen molar-refractivity contribution in [3.63, 3.8) is 0 Å². The number of hydrogen-bond donors (Lipinski definition) is 2. The number of hydrogen-bond acceptors (Lipinski definition) is 7. The van der Waals surface area contributed by atoms with Crippen LogP contribution in [-0.4, -0.2) is 78.4 Å². The molecule has 10 heteroatoms. The summed E-state index contributed by atoms with van der Waals surface area (Å²) in [5, 5.41) is 14.2. The predicted octanol–water partition coefficient (Wildman–Crippen LogP) is 1.42. The third kappa shape index (κ3) is 5.78. The van der Waals surface area contributed by atoms with Crippen LogP contribution in [0.15, 0.2) is 59.8 Å². The molecule has 2 N–H and O–H groups in total. The van der Waals surface area contributed by atoms with Crippen molar-refractivity contribution in [2.45, 2.75) is 6.54 Å². The van der Waals surface area contributed by atoms with Gasteiger partial charge in [0.2, 0.25) is 10.0 Å². The van der Waals surface area contributed by atoms with Crippen LogP contribution < -0.4 is 5.43 Å². The molecule has 1 aromatic heterocycles. The van der Waals surface area contributed by atoms with Crippen LogP contribution in [0.25, 0.3) is 10.9 Å². The highest BCUT2D eigenvalue weighted by Gasteiger charge is 2.21. The molecule has 0 saturated carbocycles. The Labute approximate surface area is 193 Å². The van der Waals surface area contributed by atoms with Crippen LogP contribution in [0.5, 0.6) is 5.75 Å². The van der Waals surface area contributed by atoms with Crippen molar-refractivity contribution in [2.75, 3.05) is 39.0 Å². The first-order valence-electron chi connectivity index (χ1n) is 10.6. The zero-order valence-corrected chi connectivity index (χ0v) is 19.2. The minimum absolute atomic E-state index is 0.177. The third-order valence-corrected chi connectivity index (χ3v) is 6.66. The molecule has 4 rings (SSSR count). The van der Waals surface area contributed by atoms with Gasteiger partial charge in [-0.3, -0.25) is 14.6 Å². The van der Waals surface area contributed by atoms with Gasteiger partial charge in [-0.1, -0.05) is 18.2 Å². The van der Waals surface area contributed by atoms with Gasteiger partial charge < -0.3 is 5.11 Å². The zero-order chi connectivity index (χ0) is 23.4. The van der Waals surface area contributed by atoms with Crippen molar-refractivity contribution in [2.24, 2.45) is 5.10 Å². The largest absolute Gasteiger partial charge is 0.508 e. The number of phenolic OH excluding ortho intramolecular Hbond substituents is 1. The molecule has 0 bridgehead atoms. The number of phenols is 1. The summed E-state index contributed by atoms with van der Waals surface area (Å²) in [5.74, 6) is -0.00816. The molecule has 33 heavy (non-hydrogen) atoms. The lowest BCUT2D eigenvalue weighted by molar-refractivity contribution is -0.122. The van der Waals surface area contributed by atoms with Crippen molar-refractivity contribution in [1.82, 2.24) is 19.2 Å². The molecule has 0 radical (unpaired) electrons. The minimum Gasteiger partial charge on any atom is -0.508 e. The van der Waals surface area contributed by atoms with Crippen molar-refractivity contribution >= 4 is 33.0 Å². The summed E-state index contributed by atoms with van der Waals surface area (Å²) >= 11 is 0. The van der Waals surface area contributed by atoms with Crippen LogP contribution >= 0.6 is 0 Å². The Balaban J connectivity index is 1.29. The zero-order valence-electron chi connectivity index (χ0n) is 18.4. The van der Waals surface area contributed by atoms with E-state index in [1.807, 2.05) is 24.3 Å². The van der Waals surface area contributed by atoms with Crippen LogP contribution in [0.3, 0.4) is 0 Å². The highest BCUT2D eigenvalue weighted by atomic mass is 32.2. The molecule has 2 heterocycles. The smallest absolute Gasteiger partial charge is 0.254 e. The number of fused-ring (bicyclic) bond motifs is 1. The second kappa shape index (κ2) is 9.74. The molecular weight excluding hydrogens is 442 g/mol. The third-order valence-electron chi connectivity index (χ3n) is 5.64. The van der Waals surface area contributed by atoms with Gasteiger partial charge in [0.05, 0.1) is 24.5 Å². The number of amides is 1. The van der Waals surface area contributed by atoms with Gasteiger partial charge in [0.25, 0.3) is 5.91 Å². The Kier molecular flexibility index (Phi) is 6.77. The first kappa shape index (κ1) is 23.0. The summed E-state index contributed by atoms with van der Waals surface area (Å²) in [7, 11) is -3.38. The number of benzene rings is 2. The summed E-state index contributed by atoms with van der Waals surface area (Å²) < 4.78 is 25.6. The summed E-state index contributed by atoms with van der Waals surface area (Å²) in [4.78, 5) is 16.5. The van der Waals surface area contributed by atoms with Crippen molar-refractivity contribution in [1.29, 1.82) is 0 Å². The maximum Gasteiger partial charge on any atom is 0.254 e. The Bertz CT molecular complexity index is 1260. The van der Waals surface area contributed by atoms with E-state index < -0.39 is 10.0 Å². The minimum atomic E-state index is -3.38. The Morgan fingerprint density at radius 2 is 1.73 bits per heavy atom. The first-order chi connectivity index (χ1) is 15.8. The molecule has 1 saturated heterocycles. The van der Waals surface area contributed by atoms with E-state index in [-0.39, 0.29) is 18.2 Å². The second-order valence-electron chi connectivity index (χ2n) is 8.17. The molecule has 0 atom stereocenters. The average molecular weight is 470 g/mol. The number of carbonyl (C=O) groups is 1. The maximum atomic E-state index is 12.2. The van der Waals surface area contributed by atoms with Crippen LogP contribution in [0.1, 0.15) is 11.1 Å². The van der Waals surface area contributed by atoms with Gasteiger partial charge in [-0.2, -0.15) is 5.10 Å². The molecule has 174 valence electrons. The molecule has 1 aliphatic rings. The van der Waals surface area contributed by atoms with E-state index in [2.05, 4.69) is 20.3 Å². The molecule has 0 aliphatic carbocycles. The molecule has 3 aromatic rings. The lowest BCUT2D eigenvalue weighted by Crippen LogP contribution is -2.48. The molecule has 1 fully saturated rings. The molecule has 1 amide bonds. The Morgan fingerprint density at radius 1 is 1.06 bits per heavy atom. The quantitative estimate of drug-likeness (QED) is 0.400. The number of aromatic hydroxyl groups is 1. The summed E-state index contributed by atoms with van der Waals surface area (Å²) in [6.07, 6.45) is 4.45. The van der Waals surface area contributed by atoms with Crippen LogP contribution in [0.4, 0.5) is 0 Å². The molecule has 9 nitrogen and oxygen atoms in total. The van der Waals surface area contributed by atoms with Gasteiger partial charge in [-0.05, 0) is 41.5 Å². The molecular formula is C23H27N5O4S. The highest BCUT2D eigenvalue weighted by molar-refractivity contribution is 7.89. The van der Waals surface area contributed by atoms with Crippen LogP contribution in [0.2, 0.25) is 0 Å². The fourth-order valence-corrected chi connectivity index (χ4v) is 4.78. The topological polar surface area (TPSA) is 107 Å². The van der Waals surface area contributed by atoms with Gasteiger partial charge >= 0.3 is 0 Å². The monoisotopic (exact) mass is 469 g/mol. The summed E-state index contributed by atoms with van der Waals surface area (Å²) in [5.41, 5.74) is 4.98. The predicted molar refractivity (Wildman–Crippen MR) is 128 cm³/mol. The van der Waals surface area contributed by atoms with Gasteiger partial charge in [-0.25, -0.2) is 17.8 Å². The fraction of sp³-hybridized carbons (Fsp3) is 0.304. The van der Waals surface area contributed by atoms with Crippen LogP contribution in [0, 0.1) is 0 Å². The van der Waals surface area contributed by atoms with Gasteiger partial charge in [-0.15, -0.1) is 0 Å². The normalized spacial score (nSPS) is 15.9. The van der Waals surface area contributed by atoms with Crippen LogP contribution in [-0.2, 0) is 21.4 Å². The van der Waals surface area contributed by atoms with E-state index in [4.69, 9.17) is 0 Å². The Hall–Kier alpha value is -3.21.